The number of aromatic nitrogens is 2. The first-order valence-electron chi connectivity index (χ1n) is 12.0. The van der Waals surface area contributed by atoms with E-state index < -0.39 is 22.1 Å². The fraction of sp³-hybridized carbons (Fsp3) is 0.625. The molecule has 1 saturated carbocycles. The Kier molecular flexibility index (Phi) is 9.41. The van der Waals surface area contributed by atoms with E-state index in [-0.39, 0.29) is 4.90 Å². The van der Waals surface area contributed by atoms with Crippen LogP contribution in [0.15, 0.2) is 41.7 Å². The number of alkyl halides is 3. The molecule has 0 spiro atoms. The summed E-state index contributed by atoms with van der Waals surface area (Å²) in [5.74, 6) is 0.558. The number of aromatic amines is 1. The van der Waals surface area contributed by atoms with Gasteiger partial charge in [0.25, 0.3) is 0 Å². The maximum atomic E-state index is 13.2. The number of nitrogens with one attached hydrogen (secondary N) is 1. The SMILES string of the molecule is CCCN(CC1CCC(CCCCc2cnc[nH]2)CC1)S(=O)(=O)c1ccc(OC(F)(F)F)cc1. The van der Waals surface area contributed by atoms with Gasteiger partial charge in [-0.1, -0.05) is 32.6 Å². The average Bonchev–Trinajstić information content (AvgIpc) is 3.30. The number of unbranched alkanes of at least 4 members (excludes halogenated alkanes) is 1. The predicted octanol–water partition coefficient (Wildman–Crippen LogP) is 5.93. The third-order valence-corrected chi connectivity index (χ3v) is 8.34. The van der Waals surface area contributed by atoms with Crippen LogP contribution in [0, 0.1) is 11.8 Å². The van der Waals surface area contributed by atoms with Crippen molar-refractivity contribution < 1.29 is 26.3 Å². The molecule has 0 atom stereocenters. The van der Waals surface area contributed by atoms with Crippen molar-refractivity contribution in [2.75, 3.05) is 13.1 Å². The van der Waals surface area contributed by atoms with Gasteiger partial charge in [-0.2, -0.15) is 4.31 Å². The van der Waals surface area contributed by atoms with Crippen LogP contribution in [-0.4, -0.2) is 42.1 Å². The summed E-state index contributed by atoms with van der Waals surface area (Å²) in [5.41, 5.74) is 1.17. The second kappa shape index (κ2) is 12.1. The molecule has 1 aliphatic rings. The highest BCUT2D eigenvalue weighted by atomic mass is 32.2. The quantitative estimate of drug-likeness (QED) is 0.366. The summed E-state index contributed by atoms with van der Waals surface area (Å²) in [6.07, 6.45) is 8.17. The topological polar surface area (TPSA) is 75.3 Å². The molecule has 1 heterocycles. The fourth-order valence-corrected chi connectivity index (χ4v) is 6.29. The van der Waals surface area contributed by atoms with Gasteiger partial charge in [-0.3, -0.25) is 0 Å². The van der Waals surface area contributed by atoms with Crippen molar-refractivity contribution in [2.24, 2.45) is 11.8 Å². The maximum Gasteiger partial charge on any atom is 0.573 e. The number of hydrogen-bond donors (Lipinski definition) is 1. The van der Waals surface area contributed by atoms with Gasteiger partial charge in [0.1, 0.15) is 5.75 Å². The number of H-pyrrole nitrogens is 1. The van der Waals surface area contributed by atoms with Crippen molar-refractivity contribution in [1.82, 2.24) is 14.3 Å². The van der Waals surface area contributed by atoms with E-state index in [1.54, 1.807) is 6.33 Å². The molecule has 0 amide bonds. The molecule has 1 N–H and O–H groups in total. The Morgan fingerprint density at radius 2 is 1.76 bits per heavy atom. The highest BCUT2D eigenvalue weighted by molar-refractivity contribution is 7.89. The van der Waals surface area contributed by atoms with Crippen LogP contribution in [0.1, 0.15) is 64.0 Å². The Morgan fingerprint density at radius 1 is 1.09 bits per heavy atom. The zero-order valence-corrected chi connectivity index (χ0v) is 20.4. The van der Waals surface area contributed by atoms with Crippen LogP contribution in [0.5, 0.6) is 5.75 Å². The Labute approximate surface area is 200 Å². The van der Waals surface area contributed by atoms with Gasteiger partial charge < -0.3 is 9.72 Å². The molecule has 1 aromatic carbocycles. The number of aryl methyl sites for hydroxylation is 1. The van der Waals surface area contributed by atoms with Crippen molar-refractivity contribution in [3.63, 3.8) is 0 Å². The molecule has 34 heavy (non-hydrogen) atoms. The van der Waals surface area contributed by atoms with Crippen molar-refractivity contribution in [1.29, 1.82) is 0 Å². The molecule has 0 bridgehead atoms. The molecule has 190 valence electrons. The van der Waals surface area contributed by atoms with Crippen LogP contribution < -0.4 is 4.74 Å². The highest BCUT2D eigenvalue weighted by Crippen LogP contribution is 2.34. The molecule has 1 aromatic heterocycles. The van der Waals surface area contributed by atoms with Crippen molar-refractivity contribution in [3.8, 4) is 5.75 Å². The fourth-order valence-electron chi connectivity index (χ4n) is 4.68. The first kappa shape index (κ1) is 26.5. The van der Waals surface area contributed by atoms with Gasteiger partial charge in [0.15, 0.2) is 0 Å². The zero-order chi connectivity index (χ0) is 24.6. The number of halogens is 3. The minimum Gasteiger partial charge on any atom is -0.406 e. The van der Waals surface area contributed by atoms with Crippen LogP contribution >= 0.6 is 0 Å². The Hall–Kier alpha value is -2.07. The van der Waals surface area contributed by atoms with Crippen LogP contribution in [0.4, 0.5) is 13.2 Å². The van der Waals surface area contributed by atoms with Gasteiger partial charge in [-0.15, -0.1) is 13.2 Å². The van der Waals surface area contributed by atoms with Crippen LogP contribution in [0.25, 0.3) is 0 Å². The second-order valence-corrected chi connectivity index (χ2v) is 11.0. The molecular weight excluding hydrogens is 467 g/mol. The lowest BCUT2D eigenvalue weighted by molar-refractivity contribution is -0.274. The Morgan fingerprint density at radius 3 is 2.35 bits per heavy atom. The van der Waals surface area contributed by atoms with Crippen molar-refractivity contribution >= 4 is 10.0 Å². The van der Waals surface area contributed by atoms with Gasteiger partial charge in [0.05, 0.1) is 11.2 Å². The largest absolute Gasteiger partial charge is 0.573 e. The van der Waals surface area contributed by atoms with E-state index in [0.717, 1.165) is 50.7 Å². The second-order valence-electron chi connectivity index (χ2n) is 9.09. The molecule has 0 saturated heterocycles. The lowest BCUT2D eigenvalue weighted by atomic mass is 9.79. The first-order chi connectivity index (χ1) is 16.2. The van der Waals surface area contributed by atoms with Crippen LogP contribution in [-0.2, 0) is 16.4 Å². The first-order valence-corrected chi connectivity index (χ1v) is 13.4. The average molecular weight is 502 g/mol. The zero-order valence-electron chi connectivity index (χ0n) is 19.6. The van der Waals surface area contributed by atoms with Crippen molar-refractivity contribution in [2.45, 2.75) is 76.0 Å². The summed E-state index contributed by atoms with van der Waals surface area (Å²) >= 11 is 0. The number of sulfonamides is 1. The van der Waals surface area contributed by atoms with Crippen LogP contribution in [0.2, 0.25) is 0 Å². The molecule has 0 aliphatic heterocycles. The van der Waals surface area contributed by atoms with Gasteiger partial charge >= 0.3 is 6.36 Å². The monoisotopic (exact) mass is 501 g/mol. The van der Waals surface area contributed by atoms with Crippen molar-refractivity contribution in [3.05, 3.63) is 42.5 Å². The van der Waals surface area contributed by atoms with E-state index in [1.165, 1.54) is 35.0 Å². The predicted molar refractivity (Wildman–Crippen MR) is 124 cm³/mol. The standard InChI is InChI=1S/C24H34F3N3O3S/c1-2-15-30(34(31,32)23-13-11-22(12-14-23)33-24(25,26)27)17-20-9-7-19(8-10-20)5-3-4-6-21-16-28-18-29-21/h11-14,16,18-20H,2-10,15,17H2,1H3,(H,28,29). The third-order valence-electron chi connectivity index (χ3n) is 6.46. The summed E-state index contributed by atoms with van der Waals surface area (Å²) in [4.78, 5) is 7.16. The molecule has 2 aromatic rings. The van der Waals surface area contributed by atoms with Gasteiger partial charge in [-0.05, 0) is 68.2 Å². The number of hydrogen-bond acceptors (Lipinski definition) is 4. The maximum absolute atomic E-state index is 13.2. The lowest BCUT2D eigenvalue weighted by Gasteiger charge is -2.32. The lowest BCUT2D eigenvalue weighted by Crippen LogP contribution is -2.37. The summed E-state index contributed by atoms with van der Waals surface area (Å²) in [6.45, 7) is 2.75. The molecule has 0 unspecified atom stereocenters. The normalized spacial score (nSPS) is 19.4. The molecule has 1 aliphatic carbocycles. The molecule has 0 radical (unpaired) electrons. The van der Waals surface area contributed by atoms with Gasteiger partial charge in [0.2, 0.25) is 10.0 Å². The number of imidazole rings is 1. The van der Waals surface area contributed by atoms with Gasteiger partial charge in [0, 0.05) is 25.0 Å². The van der Waals surface area contributed by atoms with Gasteiger partial charge in [-0.25, -0.2) is 13.4 Å². The van der Waals surface area contributed by atoms with E-state index in [4.69, 9.17) is 0 Å². The van der Waals surface area contributed by atoms with E-state index in [2.05, 4.69) is 14.7 Å². The number of rotatable bonds is 12. The summed E-state index contributed by atoms with van der Waals surface area (Å²) < 4.78 is 68.9. The number of ether oxygens (including phenoxy) is 1. The Balaban J connectivity index is 1.49. The minimum atomic E-state index is -4.81. The number of benzene rings is 1. The highest BCUT2D eigenvalue weighted by Gasteiger charge is 2.32. The third kappa shape index (κ3) is 8.01. The minimum absolute atomic E-state index is 0.0126. The summed E-state index contributed by atoms with van der Waals surface area (Å²) in [7, 11) is -3.79. The van der Waals surface area contributed by atoms with E-state index in [9.17, 15) is 21.6 Å². The smallest absolute Gasteiger partial charge is 0.406 e. The molecular formula is C24H34F3N3O3S. The van der Waals surface area contributed by atoms with Crippen LogP contribution in [0.3, 0.4) is 0 Å². The summed E-state index contributed by atoms with van der Waals surface area (Å²) in [5, 5.41) is 0. The summed E-state index contributed by atoms with van der Waals surface area (Å²) in [6, 6.07) is 4.45. The molecule has 6 nitrogen and oxygen atoms in total. The molecule has 10 heteroatoms. The molecule has 3 rings (SSSR count). The Bertz CT molecular complexity index is 956. The molecule has 1 fully saturated rings. The van der Waals surface area contributed by atoms with E-state index >= 15 is 0 Å². The number of nitrogens with zero attached hydrogens (tertiary/aromatic N) is 2. The van der Waals surface area contributed by atoms with E-state index in [0.29, 0.717) is 31.3 Å². The van der Waals surface area contributed by atoms with E-state index in [1.807, 2.05) is 13.1 Å².